The van der Waals surface area contributed by atoms with E-state index >= 15 is 0 Å². The number of aryl methyl sites for hydroxylation is 1. The first kappa shape index (κ1) is 17.2. The van der Waals surface area contributed by atoms with E-state index in [4.69, 9.17) is 0 Å². The predicted molar refractivity (Wildman–Crippen MR) is 94.6 cm³/mol. The molecule has 6 nitrogen and oxygen atoms in total. The highest BCUT2D eigenvalue weighted by molar-refractivity contribution is 7.88. The van der Waals surface area contributed by atoms with Crippen LogP contribution in [0.1, 0.15) is 18.9 Å². The Morgan fingerprint density at radius 2 is 1.83 bits per heavy atom. The third kappa shape index (κ3) is 3.57. The van der Waals surface area contributed by atoms with Gasteiger partial charge in [-0.05, 0) is 31.4 Å². The van der Waals surface area contributed by atoms with Crippen molar-refractivity contribution in [1.82, 2.24) is 9.21 Å². The van der Waals surface area contributed by atoms with Gasteiger partial charge in [-0.25, -0.2) is 8.42 Å². The van der Waals surface area contributed by atoms with Gasteiger partial charge in [-0.3, -0.25) is 4.79 Å². The number of hydrogen-bond acceptors (Lipinski definition) is 4. The molecule has 0 unspecified atom stereocenters. The van der Waals surface area contributed by atoms with Gasteiger partial charge in [0.05, 0.1) is 12.8 Å². The fourth-order valence-electron chi connectivity index (χ4n) is 3.52. The molecule has 1 atom stereocenters. The lowest BCUT2D eigenvalue weighted by molar-refractivity contribution is -0.131. The van der Waals surface area contributed by atoms with Crippen molar-refractivity contribution in [3.05, 3.63) is 29.8 Å². The average molecular weight is 351 g/mol. The van der Waals surface area contributed by atoms with Crippen molar-refractivity contribution in [3.8, 4) is 0 Å². The highest BCUT2D eigenvalue weighted by Crippen LogP contribution is 2.30. The second-order valence-corrected chi connectivity index (χ2v) is 8.67. The summed E-state index contributed by atoms with van der Waals surface area (Å²) in [6, 6.07) is 8.60. The van der Waals surface area contributed by atoms with E-state index in [0.29, 0.717) is 38.8 Å². The van der Waals surface area contributed by atoms with Crippen LogP contribution in [-0.4, -0.2) is 68.6 Å². The molecule has 3 rings (SSSR count). The van der Waals surface area contributed by atoms with E-state index in [1.165, 1.54) is 16.1 Å². The van der Waals surface area contributed by atoms with Crippen molar-refractivity contribution in [3.63, 3.8) is 0 Å². The number of amides is 1. The normalized spacial score (nSPS) is 22.3. The minimum atomic E-state index is -3.17. The van der Waals surface area contributed by atoms with Gasteiger partial charge in [0.15, 0.2) is 0 Å². The number of benzene rings is 1. The molecule has 2 heterocycles. The van der Waals surface area contributed by atoms with Gasteiger partial charge in [-0.15, -0.1) is 0 Å². The minimum Gasteiger partial charge on any atom is -0.359 e. The molecule has 1 amide bonds. The van der Waals surface area contributed by atoms with Crippen molar-refractivity contribution < 1.29 is 13.2 Å². The third-order valence-electron chi connectivity index (χ3n) is 5.03. The Labute approximate surface area is 144 Å². The van der Waals surface area contributed by atoms with E-state index in [-0.39, 0.29) is 5.91 Å². The third-order valence-corrected chi connectivity index (χ3v) is 6.33. The lowest BCUT2D eigenvalue weighted by Gasteiger charge is -2.39. The molecule has 0 bridgehead atoms. The maximum atomic E-state index is 12.7. The summed E-state index contributed by atoms with van der Waals surface area (Å²) in [5.74, 6) is 0.0757. The zero-order chi connectivity index (χ0) is 17.3. The fourth-order valence-corrected chi connectivity index (χ4v) is 4.34. The van der Waals surface area contributed by atoms with Crippen LogP contribution >= 0.6 is 0 Å². The molecule has 24 heavy (non-hydrogen) atoms. The van der Waals surface area contributed by atoms with Gasteiger partial charge in [-0.2, -0.15) is 4.31 Å². The highest BCUT2D eigenvalue weighted by Gasteiger charge is 2.29. The van der Waals surface area contributed by atoms with Crippen LogP contribution in [0.2, 0.25) is 0 Å². The summed E-state index contributed by atoms with van der Waals surface area (Å²) in [5, 5.41) is 0. The van der Waals surface area contributed by atoms with Crippen LogP contribution < -0.4 is 4.90 Å². The molecule has 0 aliphatic carbocycles. The standard InChI is InChI=1S/C17H25N3O3S/c1-14-7-8-15-5-3-4-6-16(15)20(14)13-17(21)18-9-11-19(12-10-18)24(2,22)23/h3-6,14H,7-13H2,1-2H3/t14-/m0/s1. The molecule has 7 heteroatoms. The maximum absolute atomic E-state index is 12.7. The molecular weight excluding hydrogens is 326 g/mol. The van der Waals surface area contributed by atoms with Crippen LogP contribution in [0.3, 0.4) is 0 Å². The smallest absolute Gasteiger partial charge is 0.242 e. The van der Waals surface area contributed by atoms with Crippen LogP contribution in [-0.2, 0) is 21.2 Å². The van der Waals surface area contributed by atoms with Crippen LogP contribution in [0.4, 0.5) is 5.69 Å². The van der Waals surface area contributed by atoms with Crippen LogP contribution in [0, 0.1) is 0 Å². The molecule has 2 aliphatic rings. The summed E-state index contributed by atoms with van der Waals surface area (Å²) < 4.78 is 24.6. The lowest BCUT2D eigenvalue weighted by Crippen LogP contribution is -2.53. The second kappa shape index (κ2) is 6.72. The molecule has 2 aliphatic heterocycles. The number of anilines is 1. The second-order valence-electron chi connectivity index (χ2n) is 6.69. The van der Waals surface area contributed by atoms with Crippen LogP contribution in [0.25, 0.3) is 0 Å². The Hall–Kier alpha value is -1.60. The predicted octanol–water partition coefficient (Wildman–Crippen LogP) is 0.932. The number of carbonyl (C=O) groups excluding carboxylic acids is 1. The molecule has 1 aromatic rings. The molecule has 0 saturated carbocycles. The first-order valence-electron chi connectivity index (χ1n) is 8.43. The number of fused-ring (bicyclic) bond motifs is 1. The van der Waals surface area contributed by atoms with Gasteiger partial charge in [-0.1, -0.05) is 18.2 Å². The molecule has 1 saturated heterocycles. The van der Waals surface area contributed by atoms with E-state index in [0.717, 1.165) is 18.5 Å². The van der Waals surface area contributed by atoms with Gasteiger partial charge in [0.25, 0.3) is 0 Å². The lowest BCUT2D eigenvalue weighted by atomic mass is 9.96. The Bertz CT molecular complexity index is 712. The van der Waals surface area contributed by atoms with Crippen molar-refractivity contribution in [2.24, 2.45) is 0 Å². The number of sulfonamides is 1. The molecule has 0 N–H and O–H groups in total. The summed E-state index contributed by atoms with van der Waals surface area (Å²) in [7, 11) is -3.17. The Morgan fingerprint density at radius 1 is 1.17 bits per heavy atom. The van der Waals surface area contributed by atoms with Crippen molar-refractivity contribution in [1.29, 1.82) is 0 Å². The number of carbonyl (C=O) groups is 1. The molecule has 0 radical (unpaired) electrons. The Morgan fingerprint density at radius 3 is 2.50 bits per heavy atom. The maximum Gasteiger partial charge on any atom is 0.242 e. The minimum absolute atomic E-state index is 0.0757. The van der Waals surface area contributed by atoms with Crippen molar-refractivity contribution in [2.45, 2.75) is 25.8 Å². The summed E-state index contributed by atoms with van der Waals surface area (Å²) in [6.45, 7) is 4.22. The molecule has 1 aromatic carbocycles. The topological polar surface area (TPSA) is 60.9 Å². The Kier molecular flexibility index (Phi) is 4.83. The fraction of sp³-hybridized carbons (Fsp3) is 0.588. The summed E-state index contributed by atoms with van der Waals surface area (Å²) in [6.07, 6.45) is 3.32. The zero-order valence-electron chi connectivity index (χ0n) is 14.3. The molecular formula is C17H25N3O3S. The highest BCUT2D eigenvalue weighted by atomic mass is 32.2. The zero-order valence-corrected chi connectivity index (χ0v) is 15.1. The van der Waals surface area contributed by atoms with Gasteiger partial charge < -0.3 is 9.80 Å². The van der Waals surface area contributed by atoms with Crippen molar-refractivity contribution in [2.75, 3.05) is 43.9 Å². The van der Waals surface area contributed by atoms with E-state index < -0.39 is 10.0 Å². The van der Waals surface area contributed by atoms with E-state index in [1.807, 2.05) is 12.1 Å². The molecule has 132 valence electrons. The van der Waals surface area contributed by atoms with Crippen LogP contribution in [0.5, 0.6) is 0 Å². The van der Waals surface area contributed by atoms with Gasteiger partial charge in [0.1, 0.15) is 0 Å². The molecule has 0 aromatic heterocycles. The first-order chi connectivity index (χ1) is 11.4. The number of piperazine rings is 1. The number of rotatable bonds is 3. The SMILES string of the molecule is C[C@H]1CCc2ccccc2N1CC(=O)N1CCN(S(C)(=O)=O)CC1. The Balaban J connectivity index is 1.66. The summed E-state index contributed by atoms with van der Waals surface area (Å²) >= 11 is 0. The van der Waals surface area contributed by atoms with E-state index in [2.05, 4.69) is 24.0 Å². The van der Waals surface area contributed by atoms with Gasteiger partial charge in [0, 0.05) is 37.9 Å². The number of nitrogens with zero attached hydrogens (tertiary/aromatic N) is 3. The van der Waals surface area contributed by atoms with Gasteiger partial charge in [0.2, 0.25) is 15.9 Å². The van der Waals surface area contributed by atoms with E-state index in [9.17, 15) is 13.2 Å². The quantitative estimate of drug-likeness (QED) is 0.813. The van der Waals surface area contributed by atoms with Crippen molar-refractivity contribution >= 4 is 21.6 Å². The average Bonchev–Trinajstić information content (AvgIpc) is 2.56. The largest absolute Gasteiger partial charge is 0.359 e. The first-order valence-corrected chi connectivity index (χ1v) is 10.3. The number of para-hydroxylation sites is 1. The monoisotopic (exact) mass is 351 g/mol. The molecule has 0 spiro atoms. The summed E-state index contributed by atoms with van der Waals surface area (Å²) in [5.41, 5.74) is 2.45. The van der Waals surface area contributed by atoms with Gasteiger partial charge >= 0.3 is 0 Å². The molecule has 1 fully saturated rings. The summed E-state index contributed by atoms with van der Waals surface area (Å²) in [4.78, 5) is 16.7. The number of hydrogen-bond donors (Lipinski definition) is 0. The van der Waals surface area contributed by atoms with Crippen LogP contribution in [0.15, 0.2) is 24.3 Å². The van der Waals surface area contributed by atoms with E-state index in [1.54, 1.807) is 4.90 Å².